The van der Waals surface area contributed by atoms with Gasteiger partial charge in [0.1, 0.15) is 12.1 Å². The molecule has 1 aromatic rings. The summed E-state index contributed by atoms with van der Waals surface area (Å²) in [6.45, 7) is 1.04. The number of hydrogen-bond donors (Lipinski definition) is 2. The molecule has 0 spiro atoms. The molecule has 1 saturated heterocycles. The van der Waals surface area contributed by atoms with E-state index in [4.69, 9.17) is 0 Å². The van der Waals surface area contributed by atoms with E-state index < -0.39 is 6.23 Å². The van der Waals surface area contributed by atoms with Crippen LogP contribution in [0.1, 0.15) is 56.0 Å². The van der Waals surface area contributed by atoms with Crippen molar-refractivity contribution < 1.29 is 5.11 Å². The largest absolute Gasteiger partial charge is 0.373 e. The van der Waals surface area contributed by atoms with Crippen LogP contribution in [0.25, 0.3) is 0 Å². The predicted molar refractivity (Wildman–Crippen MR) is 58.8 cm³/mol. The van der Waals surface area contributed by atoms with E-state index in [-0.39, 0.29) is 6.04 Å². The molecule has 0 radical (unpaired) electrons. The number of hydrogen-bond acceptors (Lipinski definition) is 4. The maximum absolute atomic E-state index is 10.0. The Bertz CT molecular complexity index is 370. The quantitative estimate of drug-likeness (QED) is 0.741. The van der Waals surface area contributed by atoms with Gasteiger partial charge in [0.05, 0.1) is 6.04 Å². The second-order valence-corrected chi connectivity index (χ2v) is 4.72. The van der Waals surface area contributed by atoms with Gasteiger partial charge in [0.2, 0.25) is 0 Å². The number of aryl methyl sites for hydroxylation is 1. The van der Waals surface area contributed by atoms with Crippen molar-refractivity contribution in [1.29, 1.82) is 0 Å². The number of piperidine rings is 1. The van der Waals surface area contributed by atoms with Crippen LogP contribution in [0, 0.1) is 0 Å². The summed E-state index contributed by atoms with van der Waals surface area (Å²) < 4.78 is 1.94. The maximum atomic E-state index is 10.0. The number of fused-ring (bicyclic) bond motifs is 1. The summed E-state index contributed by atoms with van der Waals surface area (Å²) in [5, 5.41) is 21.9. The van der Waals surface area contributed by atoms with Crippen molar-refractivity contribution in [3.8, 4) is 0 Å². The molecule has 5 nitrogen and oxygen atoms in total. The van der Waals surface area contributed by atoms with E-state index in [9.17, 15) is 5.11 Å². The lowest BCUT2D eigenvalue weighted by molar-refractivity contribution is 0.0723. The second-order valence-electron chi connectivity index (χ2n) is 4.72. The van der Waals surface area contributed by atoms with Gasteiger partial charge in [0.25, 0.3) is 0 Å². The van der Waals surface area contributed by atoms with Crippen LogP contribution in [-0.4, -0.2) is 26.4 Å². The SMILES string of the molecule is OC1CCCc2nnc(C3CCCCN3)n21. The van der Waals surface area contributed by atoms with Crippen LogP contribution in [0.5, 0.6) is 0 Å². The molecule has 2 aliphatic heterocycles. The Morgan fingerprint density at radius 1 is 1.19 bits per heavy atom. The molecule has 1 aromatic heterocycles. The summed E-state index contributed by atoms with van der Waals surface area (Å²) in [7, 11) is 0. The van der Waals surface area contributed by atoms with E-state index in [1.807, 2.05) is 4.57 Å². The van der Waals surface area contributed by atoms with Crippen LogP contribution in [0.15, 0.2) is 0 Å². The van der Waals surface area contributed by atoms with Crippen LogP contribution >= 0.6 is 0 Å². The van der Waals surface area contributed by atoms with Crippen LogP contribution in [-0.2, 0) is 6.42 Å². The molecular formula is C11H18N4O. The number of nitrogens with one attached hydrogen (secondary N) is 1. The van der Waals surface area contributed by atoms with Crippen molar-refractivity contribution in [2.75, 3.05) is 6.54 Å². The summed E-state index contributed by atoms with van der Waals surface area (Å²) in [4.78, 5) is 0. The molecule has 88 valence electrons. The molecule has 2 aliphatic rings. The Labute approximate surface area is 94.9 Å². The molecule has 5 heteroatoms. The van der Waals surface area contributed by atoms with Crippen molar-refractivity contribution in [3.05, 3.63) is 11.6 Å². The highest BCUT2D eigenvalue weighted by atomic mass is 16.3. The molecule has 0 bridgehead atoms. The Balaban J connectivity index is 1.91. The molecule has 1 fully saturated rings. The van der Waals surface area contributed by atoms with E-state index in [1.165, 1.54) is 12.8 Å². The number of aliphatic hydroxyl groups is 1. The topological polar surface area (TPSA) is 63.0 Å². The fourth-order valence-electron chi connectivity index (χ4n) is 2.71. The number of aromatic nitrogens is 3. The van der Waals surface area contributed by atoms with Crippen molar-refractivity contribution >= 4 is 0 Å². The van der Waals surface area contributed by atoms with E-state index in [0.717, 1.165) is 43.9 Å². The van der Waals surface area contributed by atoms with E-state index in [2.05, 4.69) is 15.5 Å². The minimum atomic E-state index is -0.419. The van der Waals surface area contributed by atoms with E-state index in [1.54, 1.807) is 0 Å². The van der Waals surface area contributed by atoms with Gasteiger partial charge in [-0.2, -0.15) is 0 Å². The molecule has 2 atom stereocenters. The Morgan fingerprint density at radius 3 is 2.94 bits per heavy atom. The van der Waals surface area contributed by atoms with Gasteiger partial charge in [-0.25, -0.2) is 0 Å². The van der Waals surface area contributed by atoms with Crippen molar-refractivity contribution in [1.82, 2.24) is 20.1 Å². The summed E-state index contributed by atoms with van der Waals surface area (Å²) >= 11 is 0. The smallest absolute Gasteiger partial charge is 0.152 e. The summed E-state index contributed by atoms with van der Waals surface area (Å²) in [5.41, 5.74) is 0. The van der Waals surface area contributed by atoms with Crippen LogP contribution in [0.2, 0.25) is 0 Å². The van der Waals surface area contributed by atoms with Gasteiger partial charge >= 0.3 is 0 Å². The molecule has 2 N–H and O–H groups in total. The molecule has 3 heterocycles. The fraction of sp³-hybridized carbons (Fsp3) is 0.818. The first-order valence-electron chi connectivity index (χ1n) is 6.21. The first kappa shape index (κ1) is 10.2. The predicted octanol–water partition coefficient (Wildman–Crippen LogP) is 0.920. The molecule has 16 heavy (non-hydrogen) atoms. The van der Waals surface area contributed by atoms with Gasteiger partial charge in [0.15, 0.2) is 5.82 Å². The number of nitrogens with zero attached hydrogens (tertiary/aromatic N) is 3. The summed E-state index contributed by atoms with van der Waals surface area (Å²) in [6.07, 6.45) is 5.93. The van der Waals surface area contributed by atoms with Gasteiger partial charge in [-0.3, -0.25) is 4.57 Å². The van der Waals surface area contributed by atoms with Gasteiger partial charge < -0.3 is 10.4 Å². The Hall–Kier alpha value is -0.940. The van der Waals surface area contributed by atoms with Crippen molar-refractivity contribution in [2.24, 2.45) is 0 Å². The number of aliphatic hydroxyl groups excluding tert-OH is 1. The van der Waals surface area contributed by atoms with Gasteiger partial charge in [-0.05, 0) is 32.2 Å². The molecule has 0 aliphatic carbocycles. The lowest BCUT2D eigenvalue weighted by Crippen LogP contribution is -2.31. The maximum Gasteiger partial charge on any atom is 0.152 e. The third-order valence-electron chi connectivity index (χ3n) is 3.58. The first-order chi connectivity index (χ1) is 7.86. The molecule has 0 aromatic carbocycles. The highest BCUT2D eigenvalue weighted by molar-refractivity contribution is 5.05. The first-order valence-corrected chi connectivity index (χ1v) is 6.21. The summed E-state index contributed by atoms with van der Waals surface area (Å²) in [5.74, 6) is 1.88. The normalized spacial score (nSPS) is 30.1. The zero-order valence-electron chi connectivity index (χ0n) is 9.39. The lowest BCUT2D eigenvalue weighted by Gasteiger charge is -2.27. The molecule has 2 unspecified atom stereocenters. The second kappa shape index (κ2) is 4.14. The summed E-state index contributed by atoms with van der Waals surface area (Å²) in [6, 6.07) is 0.280. The lowest BCUT2D eigenvalue weighted by atomic mass is 10.0. The van der Waals surface area contributed by atoms with Crippen molar-refractivity contribution in [2.45, 2.75) is 50.8 Å². The molecule has 0 saturated carbocycles. The van der Waals surface area contributed by atoms with Gasteiger partial charge in [-0.1, -0.05) is 6.42 Å². The standard InChI is InChI=1S/C11H18N4O/c16-10-6-3-5-9-13-14-11(15(9)10)8-4-1-2-7-12-8/h8,10,12,16H,1-7H2. The minimum absolute atomic E-state index is 0.280. The van der Waals surface area contributed by atoms with Crippen LogP contribution in [0.3, 0.4) is 0 Å². The van der Waals surface area contributed by atoms with Crippen LogP contribution < -0.4 is 5.32 Å². The monoisotopic (exact) mass is 222 g/mol. The Morgan fingerprint density at radius 2 is 2.12 bits per heavy atom. The molecule has 3 rings (SSSR count). The third-order valence-corrected chi connectivity index (χ3v) is 3.58. The van der Waals surface area contributed by atoms with E-state index in [0.29, 0.717) is 0 Å². The average Bonchev–Trinajstić information content (AvgIpc) is 2.75. The fourth-order valence-corrected chi connectivity index (χ4v) is 2.71. The Kier molecular flexibility index (Phi) is 2.65. The van der Waals surface area contributed by atoms with E-state index >= 15 is 0 Å². The zero-order chi connectivity index (χ0) is 11.0. The van der Waals surface area contributed by atoms with Crippen LogP contribution in [0.4, 0.5) is 0 Å². The zero-order valence-corrected chi connectivity index (χ0v) is 9.39. The van der Waals surface area contributed by atoms with Crippen molar-refractivity contribution in [3.63, 3.8) is 0 Å². The van der Waals surface area contributed by atoms with Gasteiger partial charge in [0, 0.05) is 6.42 Å². The highest BCUT2D eigenvalue weighted by Gasteiger charge is 2.27. The number of rotatable bonds is 1. The average molecular weight is 222 g/mol. The molecule has 0 amide bonds. The third kappa shape index (κ3) is 1.64. The highest BCUT2D eigenvalue weighted by Crippen LogP contribution is 2.28. The molecular weight excluding hydrogens is 204 g/mol. The van der Waals surface area contributed by atoms with Gasteiger partial charge in [-0.15, -0.1) is 10.2 Å². The minimum Gasteiger partial charge on any atom is -0.373 e.